The van der Waals surface area contributed by atoms with Crippen molar-refractivity contribution in [2.75, 3.05) is 66.8 Å². The third-order valence-electron chi connectivity index (χ3n) is 12.6. The van der Waals surface area contributed by atoms with Gasteiger partial charge in [-0.2, -0.15) is 0 Å². The van der Waals surface area contributed by atoms with Gasteiger partial charge in [-0.3, -0.25) is 18.9 Å². The molecule has 3 aliphatic heterocycles. The summed E-state index contributed by atoms with van der Waals surface area (Å²) < 4.78 is 2.48. The van der Waals surface area contributed by atoms with E-state index in [4.69, 9.17) is 11.5 Å². The largest absolute Gasteiger partial charge is 0.366 e. The predicted molar refractivity (Wildman–Crippen MR) is 229 cm³/mol. The first kappa shape index (κ1) is 40.8. The van der Waals surface area contributed by atoms with Crippen LogP contribution in [-0.2, 0) is 15.6 Å². The molecule has 2 unspecified atom stereocenters. The zero-order chi connectivity index (χ0) is 41.0. The molecule has 0 bridgehead atoms. The monoisotopic (exact) mass is 759 g/mol. The van der Waals surface area contributed by atoms with Gasteiger partial charge in [0.2, 0.25) is 18.0 Å². The average Bonchev–Trinajstić information content (AvgIpc) is 3.61. The number of allylic oxidation sites excluding steroid dienone is 12. The Morgan fingerprint density at radius 1 is 0.786 bits per heavy atom. The number of nitrogens with zero attached hydrogens (tertiary/aromatic N) is 4. The average molecular weight is 760 g/mol. The summed E-state index contributed by atoms with van der Waals surface area (Å²) in [5.74, 6) is -0.740. The van der Waals surface area contributed by atoms with Crippen LogP contribution in [0.5, 0.6) is 0 Å². The zero-order valence-electron chi connectivity index (χ0n) is 35.3. The molecule has 9 heteroatoms. The molecule has 296 valence electrons. The number of amides is 2. The lowest BCUT2D eigenvalue weighted by molar-refractivity contribution is -0.913. The van der Waals surface area contributed by atoms with Crippen LogP contribution in [0.25, 0.3) is 0 Å². The minimum Gasteiger partial charge on any atom is -0.366 e. The second-order valence-electron chi connectivity index (χ2n) is 19.0. The quantitative estimate of drug-likeness (QED) is 0.192. The highest BCUT2D eigenvalue weighted by Gasteiger charge is 2.66. The second kappa shape index (κ2) is 14.6. The Balaban J connectivity index is 1.21. The molecule has 2 amide bonds. The minimum atomic E-state index is -0.425. The summed E-state index contributed by atoms with van der Waals surface area (Å²) in [6, 6.07) is 11.7. The van der Waals surface area contributed by atoms with Gasteiger partial charge in [0.15, 0.2) is 5.78 Å². The molecular formula is C47H63N6O3+3. The fraction of sp³-hybridized carbons (Fsp3) is 0.426. The number of Topliss-reactive ketones (excluding diaryl/α,β-unsaturated/α-hetero) is 1. The van der Waals surface area contributed by atoms with Crippen LogP contribution in [0.1, 0.15) is 85.2 Å². The van der Waals surface area contributed by atoms with Gasteiger partial charge in [-0.25, -0.2) is 4.48 Å². The topological polar surface area (TPSA) is 106 Å². The van der Waals surface area contributed by atoms with Crippen molar-refractivity contribution < 1.29 is 23.3 Å². The lowest BCUT2D eigenvalue weighted by Crippen LogP contribution is -2.74. The Morgan fingerprint density at radius 2 is 1.34 bits per heavy atom. The number of rotatable bonds is 11. The molecule has 4 aliphatic rings. The maximum Gasteiger partial charge on any atom is 0.248 e. The van der Waals surface area contributed by atoms with Gasteiger partial charge >= 0.3 is 0 Å². The molecule has 4 N–H and O–H groups in total. The maximum atomic E-state index is 13.5. The number of nitrogens with two attached hydrogens (primary N) is 2. The van der Waals surface area contributed by atoms with Gasteiger partial charge in [0.1, 0.15) is 24.4 Å². The molecule has 0 aromatic heterocycles. The van der Waals surface area contributed by atoms with E-state index in [-0.39, 0.29) is 16.6 Å². The van der Waals surface area contributed by atoms with Crippen LogP contribution in [0, 0.1) is 0 Å². The first-order valence-electron chi connectivity index (χ1n) is 20.0. The SMILES string of the molecule is CC1(C)C(=CC=CC=C2CCC(=CC=CC=C3C(C)(C)c4cc(C(N)=O)ccc4[N+]34CCC4[N+](C)(C)C)C2=O)N(CCC[N+](C)(C)C)c2ccc(C(N)=O)cc21. The van der Waals surface area contributed by atoms with Crippen molar-refractivity contribution in [1.29, 1.82) is 0 Å². The summed E-state index contributed by atoms with van der Waals surface area (Å²) in [5, 5.41) is 0. The van der Waals surface area contributed by atoms with Crippen LogP contribution in [-0.4, -0.2) is 94.6 Å². The molecule has 9 nitrogen and oxygen atoms in total. The molecule has 1 saturated carbocycles. The third kappa shape index (κ3) is 7.28. The smallest absolute Gasteiger partial charge is 0.248 e. The number of carbonyl (C=O) groups is 3. The molecule has 6 rings (SSSR count). The van der Waals surface area contributed by atoms with Crippen LogP contribution in [0.15, 0.2) is 108 Å². The summed E-state index contributed by atoms with van der Waals surface area (Å²) >= 11 is 0. The van der Waals surface area contributed by atoms with Gasteiger partial charge < -0.3 is 20.9 Å². The number of anilines is 1. The van der Waals surface area contributed by atoms with Gasteiger partial charge in [-0.05, 0) is 74.7 Å². The highest BCUT2D eigenvalue weighted by atomic mass is 16.1. The summed E-state index contributed by atoms with van der Waals surface area (Å²) in [6.07, 6.45) is 20.3. The molecule has 2 fully saturated rings. The van der Waals surface area contributed by atoms with Crippen LogP contribution in [0.3, 0.4) is 0 Å². The molecular weight excluding hydrogens is 697 g/mol. The number of primary amides is 2. The highest BCUT2D eigenvalue weighted by Crippen LogP contribution is 2.58. The number of benzene rings is 2. The fourth-order valence-corrected chi connectivity index (χ4v) is 9.62. The van der Waals surface area contributed by atoms with E-state index < -0.39 is 11.8 Å². The third-order valence-corrected chi connectivity index (χ3v) is 12.6. The van der Waals surface area contributed by atoms with E-state index in [0.29, 0.717) is 30.1 Å². The summed E-state index contributed by atoms with van der Waals surface area (Å²) in [4.78, 5) is 40.1. The molecule has 0 radical (unpaired) electrons. The van der Waals surface area contributed by atoms with Crippen molar-refractivity contribution in [3.8, 4) is 0 Å². The van der Waals surface area contributed by atoms with Gasteiger partial charge in [-0.1, -0.05) is 50.3 Å². The van der Waals surface area contributed by atoms with E-state index in [1.165, 1.54) is 11.4 Å². The molecule has 2 aromatic carbocycles. The Bertz CT molecular complexity index is 2150. The van der Waals surface area contributed by atoms with E-state index in [1.54, 1.807) is 0 Å². The summed E-state index contributed by atoms with van der Waals surface area (Å²) in [5.41, 5.74) is 20.5. The number of hydrogen-bond acceptors (Lipinski definition) is 4. The summed E-state index contributed by atoms with van der Waals surface area (Å²) in [7, 11) is 13.4. The Kier molecular flexibility index (Phi) is 10.6. The van der Waals surface area contributed by atoms with E-state index in [9.17, 15) is 14.4 Å². The molecule has 1 aliphatic carbocycles. The van der Waals surface area contributed by atoms with Crippen LogP contribution >= 0.6 is 0 Å². The van der Waals surface area contributed by atoms with E-state index in [0.717, 1.165) is 79.6 Å². The van der Waals surface area contributed by atoms with Crippen molar-refractivity contribution in [1.82, 2.24) is 4.48 Å². The summed E-state index contributed by atoms with van der Waals surface area (Å²) in [6.45, 7) is 11.8. The number of carbonyl (C=O) groups excluding carboxylic acids is 3. The van der Waals surface area contributed by atoms with Crippen molar-refractivity contribution in [2.24, 2.45) is 11.5 Å². The lowest BCUT2D eigenvalue weighted by Gasteiger charge is -2.54. The first-order chi connectivity index (χ1) is 26.1. The fourth-order valence-electron chi connectivity index (χ4n) is 9.62. The standard InChI is InChI=1S/C47H61N6O3/c1-46(2)36-30-34(44(48)55)22-24-38(36)50(27-15-28-51(5,6)7)40(46)18-13-11-16-32-20-21-33(43(32)54)17-12-14-19-41-47(3,4)37-31-35(45(49)56)23-25-39(37)53(41)29-26-42(53)52(8,9)10/h11-14,16-19,22-25,30-31,42H,15,20-21,26-29H2,1-10H3,(H2-2,48,49,55,56)/q+1/p+2. The lowest BCUT2D eigenvalue weighted by atomic mass is 9.82. The number of quaternary nitrogens is 3. The van der Waals surface area contributed by atoms with E-state index in [1.807, 2.05) is 60.7 Å². The van der Waals surface area contributed by atoms with Gasteiger partial charge in [0, 0.05) is 63.7 Å². The Hall–Kier alpha value is -4.83. The number of ketones is 1. The van der Waals surface area contributed by atoms with E-state index >= 15 is 0 Å². The van der Waals surface area contributed by atoms with Gasteiger partial charge in [0.25, 0.3) is 0 Å². The van der Waals surface area contributed by atoms with Gasteiger partial charge in [-0.15, -0.1) is 0 Å². The molecule has 56 heavy (non-hydrogen) atoms. The van der Waals surface area contributed by atoms with Gasteiger partial charge in [0.05, 0.1) is 54.2 Å². The number of hydrogen-bond donors (Lipinski definition) is 2. The molecule has 2 atom stereocenters. The van der Waals surface area contributed by atoms with Crippen molar-refractivity contribution in [3.05, 3.63) is 130 Å². The zero-order valence-corrected chi connectivity index (χ0v) is 35.3. The molecule has 1 saturated heterocycles. The highest BCUT2D eigenvalue weighted by molar-refractivity contribution is 6.11. The van der Waals surface area contributed by atoms with Crippen molar-refractivity contribution in [3.63, 3.8) is 0 Å². The Labute approximate surface area is 334 Å². The Morgan fingerprint density at radius 3 is 1.88 bits per heavy atom. The molecule has 2 aromatic rings. The van der Waals surface area contributed by atoms with E-state index in [2.05, 4.69) is 99.2 Å². The van der Waals surface area contributed by atoms with Crippen LogP contribution in [0.2, 0.25) is 0 Å². The second-order valence-corrected chi connectivity index (χ2v) is 19.0. The van der Waals surface area contributed by atoms with Crippen LogP contribution in [0.4, 0.5) is 11.4 Å². The predicted octanol–water partition coefficient (Wildman–Crippen LogP) is 6.91. The first-order valence-corrected chi connectivity index (χ1v) is 20.0. The molecule has 1 spiro atoms. The minimum absolute atomic E-state index is 0.0954. The normalized spacial score (nSPS) is 25.7. The van der Waals surface area contributed by atoms with Crippen molar-refractivity contribution >= 4 is 29.0 Å². The maximum absolute atomic E-state index is 13.5. The number of fused-ring (bicyclic) bond motifs is 3. The van der Waals surface area contributed by atoms with Crippen LogP contribution < -0.4 is 20.9 Å². The molecule has 3 heterocycles. The van der Waals surface area contributed by atoms with Crippen molar-refractivity contribution in [2.45, 2.75) is 70.4 Å².